The number of allylic oxidation sites excluding steroid dienone is 1. The first-order valence-electron chi connectivity index (χ1n) is 28.0. The Morgan fingerprint density at radius 1 is 0.435 bits per heavy atom. The van der Waals surface area contributed by atoms with Gasteiger partial charge in [-0.2, -0.15) is 0 Å². The van der Waals surface area contributed by atoms with Gasteiger partial charge in [-0.1, -0.05) is 276 Å². The zero-order valence-corrected chi connectivity index (χ0v) is 41.9. The predicted molar refractivity (Wildman–Crippen MR) is 269 cm³/mol. The molecular weight excluding hydrogens is 767 g/mol. The molecule has 0 aromatic rings. The highest BCUT2D eigenvalue weighted by Crippen LogP contribution is 2.17. The molecule has 0 aromatic carbocycles. The fourth-order valence-corrected chi connectivity index (χ4v) is 8.75. The van der Waals surface area contributed by atoms with Crippen LogP contribution in [0.3, 0.4) is 0 Å². The van der Waals surface area contributed by atoms with E-state index in [1.54, 1.807) is 6.08 Å². The summed E-state index contributed by atoms with van der Waals surface area (Å²) in [6.07, 6.45) is 60.8. The first-order valence-corrected chi connectivity index (χ1v) is 28.0. The Kier molecular flexibility index (Phi) is 51.0. The standard InChI is InChI=1S/C56H109NO5/c1-3-5-7-9-11-13-15-17-18-19-20-21-22-23-25-28-32-36-40-44-48-54(59)53(52-58)57-55(60)49-45-41-37-33-29-26-27-31-35-39-43-47-51-62-56(61)50-46-42-38-34-30-24-16-14-12-10-8-6-4-2/h44,48,53-54,58-59H,3-43,45-47,49-52H2,1-2H3,(H,57,60)/b48-44+. The maximum Gasteiger partial charge on any atom is 0.305 e. The van der Waals surface area contributed by atoms with Crippen molar-refractivity contribution in [1.29, 1.82) is 0 Å². The van der Waals surface area contributed by atoms with Crippen LogP contribution < -0.4 is 5.32 Å². The summed E-state index contributed by atoms with van der Waals surface area (Å²) in [6.45, 7) is 4.89. The summed E-state index contributed by atoms with van der Waals surface area (Å²) in [5.41, 5.74) is 0. The lowest BCUT2D eigenvalue weighted by Crippen LogP contribution is -2.45. The number of carbonyl (C=O) groups excluding carboxylic acids is 2. The second-order valence-corrected chi connectivity index (χ2v) is 19.3. The number of nitrogens with one attached hydrogen (secondary N) is 1. The quantitative estimate of drug-likeness (QED) is 0.0321. The third-order valence-corrected chi connectivity index (χ3v) is 13.1. The van der Waals surface area contributed by atoms with Crippen LogP contribution in [-0.2, 0) is 14.3 Å². The van der Waals surface area contributed by atoms with E-state index in [1.165, 1.54) is 225 Å². The molecule has 0 saturated heterocycles. The van der Waals surface area contributed by atoms with E-state index >= 15 is 0 Å². The van der Waals surface area contributed by atoms with Crippen LogP contribution in [0.25, 0.3) is 0 Å². The minimum absolute atomic E-state index is 0.00859. The molecule has 0 aliphatic carbocycles. The molecule has 0 fully saturated rings. The van der Waals surface area contributed by atoms with Crippen molar-refractivity contribution in [2.75, 3.05) is 13.2 Å². The lowest BCUT2D eigenvalue weighted by atomic mass is 10.0. The van der Waals surface area contributed by atoms with Crippen molar-refractivity contribution in [1.82, 2.24) is 5.32 Å². The third-order valence-electron chi connectivity index (χ3n) is 13.1. The molecule has 2 unspecified atom stereocenters. The van der Waals surface area contributed by atoms with Gasteiger partial charge >= 0.3 is 5.97 Å². The normalized spacial score (nSPS) is 12.6. The molecule has 0 heterocycles. The summed E-state index contributed by atoms with van der Waals surface area (Å²) in [5, 5.41) is 23.1. The van der Waals surface area contributed by atoms with Gasteiger partial charge in [0.15, 0.2) is 0 Å². The number of ether oxygens (including phenoxy) is 1. The van der Waals surface area contributed by atoms with Crippen LogP contribution >= 0.6 is 0 Å². The molecule has 1 amide bonds. The topological polar surface area (TPSA) is 95.9 Å². The molecular formula is C56H109NO5. The van der Waals surface area contributed by atoms with Crippen molar-refractivity contribution in [2.24, 2.45) is 0 Å². The number of aliphatic hydroxyl groups excluding tert-OH is 2. The smallest absolute Gasteiger partial charge is 0.305 e. The molecule has 0 aliphatic heterocycles. The summed E-state index contributed by atoms with van der Waals surface area (Å²) in [7, 11) is 0. The van der Waals surface area contributed by atoms with Crippen LogP contribution in [0, 0.1) is 0 Å². The highest BCUT2D eigenvalue weighted by Gasteiger charge is 2.18. The highest BCUT2D eigenvalue weighted by molar-refractivity contribution is 5.76. The number of amides is 1. The molecule has 0 aromatic heterocycles. The van der Waals surface area contributed by atoms with E-state index in [2.05, 4.69) is 19.2 Å². The first-order chi connectivity index (χ1) is 30.5. The van der Waals surface area contributed by atoms with Crippen molar-refractivity contribution in [2.45, 2.75) is 321 Å². The van der Waals surface area contributed by atoms with Crippen LogP contribution in [-0.4, -0.2) is 47.4 Å². The molecule has 368 valence electrons. The average Bonchev–Trinajstić information content (AvgIpc) is 3.27. The lowest BCUT2D eigenvalue weighted by molar-refractivity contribution is -0.143. The monoisotopic (exact) mass is 876 g/mol. The summed E-state index contributed by atoms with van der Waals surface area (Å²) in [4.78, 5) is 24.5. The van der Waals surface area contributed by atoms with Gasteiger partial charge in [-0.15, -0.1) is 0 Å². The van der Waals surface area contributed by atoms with Gasteiger partial charge < -0.3 is 20.3 Å². The van der Waals surface area contributed by atoms with Crippen LogP contribution in [0.4, 0.5) is 0 Å². The van der Waals surface area contributed by atoms with Crippen LogP contribution in [0.1, 0.15) is 309 Å². The maximum absolute atomic E-state index is 12.5. The molecule has 0 bridgehead atoms. The number of hydrogen-bond acceptors (Lipinski definition) is 5. The molecule has 0 radical (unpaired) electrons. The third kappa shape index (κ3) is 48.1. The number of rotatable bonds is 52. The van der Waals surface area contributed by atoms with E-state index in [-0.39, 0.29) is 18.5 Å². The number of aliphatic hydroxyl groups is 2. The molecule has 6 heteroatoms. The van der Waals surface area contributed by atoms with Gasteiger partial charge in [0.25, 0.3) is 0 Å². The number of unbranched alkanes of at least 4 members (excludes halogenated alkanes) is 41. The van der Waals surface area contributed by atoms with Gasteiger partial charge in [0.1, 0.15) is 0 Å². The highest BCUT2D eigenvalue weighted by atomic mass is 16.5. The van der Waals surface area contributed by atoms with E-state index in [0.717, 1.165) is 57.8 Å². The van der Waals surface area contributed by atoms with Gasteiger partial charge in [0.2, 0.25) is 5.91 Å². The SMILES string of the molecule is CCCCCCCCCCCCCCCCCCCC/C=C/C(O)C(CO)NC(=O)CCCCCCCCCCCCCCOC(=O)CCCCCCCCCCCCCCC. The Morgan fingerprint density at radius 2 is 0.742 bits per heavy atom. The van der Waals surface area contributed by atoms with Crippen LogP contribution in [0.15, 0.2) is 12.2 Å². The van der Waals surface area contributed by atoms with Crippen LogP contribution in [0.2, 0.25) is 0 Å². The van der Waals surface area contributed by atoms with Gasteiger partial charge in [0.05, 0.1) is 25.4 Å². The summed E-state index contributed by atoms with van der Waals surface area (Å²) in [6, 6.07) is -0.639. The van der Waals surface area contributed by atoms with Crippen molar-refractivity contribution >= 4 is 11.9 Å². The average molecular weight is 876 g/mol. The molecule has 0 aliphatic rings. The Hall–Kier alpha value is -1.40. The molecule has 0 saturated carbocycles. The Balaban J connectivity index is 3.49. The zero-order chi connectivity index (χ0) is 45.1. The fourth-order valence-electron chi connectivity index (χ4n) is 8.75. The lowest BCUT2D eigenvalue weighted by Gasteiger charge is -2.20. The first kappa shape index (κ1) is 60.6. The van der Waals surface area contributed by atoms with E-state index < -0.39 is 12.1 Å². The fraction of sp³-hybridized carbons (Fsp3) is 0.929. The van der Waals surface area contributed by atoms with E-state index in [0.29, 0.717) is 19.4 Å². The van der Waals surface area contributed by atoms with Crippen molar-refractivity contribution in [3.63, 3.8) is 0 Å². The number of carbonyl (C=O) groups is 2. The summed E-state index contributed by atoms with van der Waals surface area (Å²) >= 11 is 0. The minimum atomic E-state index is -0.854. The molecule has 6 nitrogen and oxygen atoms in total. The molecule has 2 atom stereocenters. The summed E-state index contributed by atoms with van der Waals surface area (Å²) < 4.78 is 5.46. The van der Waals surface area contributed by atoms with E-state index in [9.17, 15) is 19.8 Å². The molecule has 62 heavy (non-hydrogen) atoms. The maximum atomic E-state index is 12.5. The minimum Gasteiger partial charge on any atom is -0.466 e. The molecule has 0 rings (SSSR count). The van der Waals surface area contributed by atoms with Crippen molar-refractivity contribution in [3.8, 4) is 0 Å². The van der Waals surface area contributed by atoms with Gasteiger partial charge in [-0.3, -0.25) is 9.59 Å². The Labute approximate surface area is 387 Å². The largest absolute Gasteiger partial charge is 0.466 e. The zero-order valence-electron chi connectivity index (χ0n) is 41.9. The van der Waals surface area contributed by atoms with E-state index in [1.807, 2.05) is 6.08 Å². The molecule has 3 N–H and O–H groups in total. The van der Waals surface area contributed by atoms with Gasteiger partial charge in [0, 0.05) is 12.8 Å². The summed E-state index contributed by atoms with van der Waals surface area (Å²) in [5.74, 6) is -0.0890. The van der Waals surface area contributed by atoms with Gasteiger partial charge in [-0.05, 0) is 32.1 Å². The number of hydrogen-bond donors (Lipinski definition) is 3. The number of esters is 1. The Morgan fingerprint density at radius 3 is 1.10 bits per heavy atom. The van der Waals surface area contributed by atoms with Crippen molar-refractivity contribution in [3.05, 3.63) is 12.2 Å². The second kappa shape index (κ2) is 52.2. The van der Waals surface area contributed by atoms with Crippen molar-refractivity contribution < 1.29 is 24.5 Å². The van der Waals surface area contributed by atoms with Gasteiger partial charge in [-0.25, -0.2) is 0 Å². The van der Waals surface area contributed by atoms with E-state index in [4.69, 9.17) is 4.74 Å². The van der Waals surface area contributed by atoms with Crippen LogP contribution in [0.5, 0.6) is 0 Å². The Bertz CT molecular complexity index is 924. The second-order valence-electron chi connectivity index (χ2n) is 19.3. The molecule has 0 spiro atoms. The predicted octanol–water partition coefficient (Wildman–Crippen LogP) is 16.9.